The number of hydrogen-bond donors (Lipinski definition) is 1. The summed E-state index contributed by atoms with van der Waals surface area (Å²) in [5, 5.41) is 5.41. The van der Waals surface area contributed by atoms with Gasteiger partial charge in [0.1, 0.15) is 10.9 Å². The van der Waals surface area contributed by atoms with Gasteiger partial charge in [0.05, 0.1) is 23.4 Å². The Morgan fingerprint density at radius 2 is 2.08 bits per heavy atom. The van der Waals surface area contributed by atoms with Gasteiger partial charge in [-0.05, 0) is 18.2 Å². The number of pyridine rings is 1. The summed E-state index contributed by atoms with van der Waals surface area (Å²) in [4.78, 5) is 20.5. The highest BCUT2D eigenvalue weighted by Gasteiger charge is 2.13. The lowest BCUT2D eigenvalue weighted by Crippen LogP contribution is -2.12. The molecule has 24 heavy (non-hydrogen) atoms. The predicted octanol–water partition coefficient (Wildman–Crippen LogP) is 4.77. The summed E-state index contributed by atoms with van der Waals surface area (Å²) in [6.45, 7) is 0. The maximum atomic E-state index is 12.2. The number of ether oxygens (including phenoxy) is 1. The van der Waals surface area contributed by atoms with E-state index >= 15 is 0 Å². The number of anilines is 1. The van der Waals surface area contributed by atoms with Crippen molar-refractivity contribution >= 4 is 45.6 Å². The quantitative estimate of drug-likeness (QED) is 0.662. The van der Waals surface area contributed by atoms with Gasteiger partial charge < -0.3 is 4.74 Å². The number of methoxy groups -OCH3 is 1. The van der Waals surface area contributed by atoms with Crippen LogP contribution in [0.15, 0.2) is 41.9 Å². The molecule has 3 aromatic rings. The number of carbonyl (C=O) groups is 1. The lowest BCUT2D eigenvalue weighted by molar-refractivity contribution is 0.102. The van der Waals surface area contributed by atoms with Gasteiger partial charge >= 0.3 is 0 Å². The van der Waals surface area contributed by atoms with E-state index in [0.29, 0.717) is 16.4 Å². The van der Waals surface area contributed by atoms with Crippen LogP contribution in [0, 0.1) is 0 Å². The van der Waals surface area contributed by atoms with Crippen molar-refractivity contribution in [3.05, 3.63) is 57.6 Å². The topological polar surface area (TPSA) is 64.1 Å². The number of hydrogen-bond acceptors (Lipinski definition) is 5. The van der Waals surface area contributed by atoms with E-state index < -0.39 is 0 Å². The highest BCUT2D eigenvalue weighted by Crippen LogP contribution is 2.32. The van der Waals surface area contributed by atoms with E-state index in [2.05, 4.69) is 15.3 Å². The number of nitrogens with one attached hydrogen (secondary N) is 1. The molecule has 0 aliphatic carbocycles. The Bertz CT molecular complexity index is 899. The second kappa shape index (κ2) is 7.17. The van der Waals surface area contributed by atoms with E-state index in [-0.39, 0.29) is 16.1 Å². The largest absolute Gasteiger partial charge is 0.496 e. The number of nitrogens with zero attached hydrogens (tertiary/aromatic N) is 2. The van der Waals surface area contributed by atoms with Crippen LogP contribution in [0.4, 0.5) is 5.13 Å². The zero-order valence-electron chi connectivity index (χ0n) is 12.4. The summed E-state index contributed by atoms with van der Waals surface area (Å²) < 4.78 is 5.33. The van der Waals surface area contributed by atoms with Crippen LogP contribution >= 0.6 is 34.5 Å². The van der Waals surface area contributed by atoms with E-state index in [1.807, 2.05) is 29.6 Å². The van der Waals surface area contributed by atoms with Crippen molar-refractivity contribution in [1.82, 2.24) is 9.97 Å². The van der Waals surface area contributed by atoms with Gasteiger partial charge in [-0.1, -0.05) is 35.3 Å². The molecule has 2 heterocycles. The molecule has 0 aliphatic heterocycles. The zero-order valence-corrected chi connectivity index (χ0v) is 14.7. The Kier molecular flexibility index (Phi) is 4.99. The van der Waals surface area contributed by atoms with E-state index in [1.165, 1.54) is 23.6 Å². The van der Waals surface area contributed by atoms with Crippen molar-refractivity contribution in [1.29, 1.82) is 0 Å². The predicted molar refractivity (Wildman–Crippen MR) is 96.3 cm³/mol. The fraction of sp³-hybridized carbons (Fsp3) is 0.0625. The minimum absolute atomic E-state index is 0.154. The number of thiazole rings is 1. The standard InChI is InChI=1S/C16H11Cl2N3O2S/c1-23-13-5-3-2-4-10(13)12-8-24-16(20-12)21-15(22)9-6-11(17)14(18)19-7-9/h2-8H,1H3,(H,20,21,22). The first-order chi connectivity index (χ1) is 11.6. The summed E-state index contributed by atoms with van der Waals surface area (Å²) in [5.41, 5.74) is 1.88. The van der Waals surface area contributed by atoms with Crippen LogP contribution in [-0.4, -0.2) is 23.0 Å². The van der Waals surface area contributed by atoms with Crippen LogP contribution in [0.5, 0.6) is 5.75 Å². The highest BCUT2D eigenvalue weighted by atomic mass is 35.5. The number of benzene rings is 1. The number of aromatic nitrogens is 2. The third kappa shape index (κ3) is 3.51. The number of rotatable bonds is 4. The molecule has 2 aromatic heterocycles. The molecule has 0 atom stereocenters. The van der Waals surface area contributed by atoms with Crippen molar-refractivity contribution < 1.29 is 9.53 Å². The third-order valence-corrected chi connectivity index (χ3v) is 4.61. The molecule has 0 spiro atoms. The lowest BCUT2D eigenvalue weighted by Gasteiger charge is -2.05. The normalized spacial score (nSPS) is 10.5. The summed E-state index contributed by atoms with van der Waals surface area (Å²) >= 11 is 12.9. The van der Waals surface area contributed by atoms with Crippen molar-refractivity contribution in [2.45, 2.75) is 0 Å². The molecule has 5 nitrogen and oxygen atoms in total. The first-order valence-electron chi connectivity index (χ1n) is 6.80. The van der Waals surface area contributed by atoms with Crippen LogP contribution in [0.25, 0.3) is 11.3 Å². The van der Waals surface area contributed by atoms with Crippen molar-refractivity contribution in [3.63, 3.8) is 0 Å². The van der Waals surface area contributed by atoms with Crippen LogP contribution < -0.4 is 10.1 Å². The van der Waals surface area contributed by atoms with Crippen LogP contribution in [0.2, 0.25) is 10.2 Å². The van der Waals surface area contributed by atoms with Gasteiger partial charge in [-0.3, -0.25) is 10.1 Å². The van der Waals surface area contributed by atoms with E-state index in [9.17, 15) is 4.79 Å². The maximum absolute atomic E-state index is 12.2. The molecule has 0 aliphatic rings. The van der Waals surface area contributed by atoms with Gasteiger partial charge in [-0.25, -0.2) is 9.97 Å². The number of para-hydroxylation sites is 1. The fourth-order valence-electron chi connectivity index (χ4n) is 2.03. The Morgan fingerprint density at radius 3 is 2.83 bits per heavy atom. The third-order valence-electron chi connectivity index (χ3n) is 3.17. The molecule has 8 heteroatoms. The lowest BCUT2D eigenvalue weighted by atomic mass is 10.1. The molecular weight excluding hydrogens is 369 g/mol. The molecule has 0 bridgehead atoms. The minimum atomic E-state index is -0.359. The average Bonchev–Trinajstić information content (AvgIpc) is 3.05. The second-order valence-corrected chi connectivity index (χ2v) is 6.31. The Labute approximate surface area is 152 Å². The molecular formula is C16H11Cl2N3O2S. The average molecular weight is 380 g/mol. The van der Waals surface area contributed by atoms with Gasteiger partial charge in [-0.15, -0.1) is 11.3 Å². The van der Waals surface area contributed by atoms with Crippen molar-refractivity contribution in [2.75, 3.05) is 12.4 Å². The van der Waals surface area contributed by atoms with E-state index in [4.69, 9.17) is 27.9 Å². The van der Waals surface area contributed by atoms with Gasteiger partial charge in [0.2, 0.25) is 0 Å². The number of halogens is 2. The fourth-order valence-corrected chi connectivity index (χ4v) is 3.00. The molecule has 1 aromatic carbocycles. The van der Waals surface area contributed by atoms with Gasteiger partial charge in [0, 0.05) is 17.1 Å². The van der Waals surface area contributed by atoms with E-state index in [1.54, 1.807) is 7.11 Å². The molecule has 0 saturated heterocycles. The van der Waals surface area contributed by atoms with Gasteiger partial charge in [0.25, 0.3) is 5.91 Å². The SMILES string of the molecule is COc1ccccc1-c1csc(NC(=O)c2cnc(Cl)c(Cl)c2)n1. The number of amides is 1. The van der Waals surface area contributed by atoms with E-state index in [0.717, 1.165) is 11.3 Å². The first-order valence-corrected chi connectivity index (χ1v) is 8.43. The first kappa shape index (κ1) is 16.7. The minimum Gasteiger partial charge on any atom is -0.496 e. The summed E-state index contributed by atoms with van der Waals surface area (Å²) in [6, 6.07) is 9.00. The summed E-state index contributed by atoms with van der Waals surface area (Å²) in [5.74, 6) is 0.358. The molecule has 0 unspecified atom stereocenters. The Balaban J connectivity index is 1.81. The number of carbonyl (C=O) groups excluding carboxylic acids is 1. The monoisotopic (exact) mass is 379 g/mol. The molecule has 0 fully saturated rings. The van der Waals surface area contributed by atoms with Crippen LogP contribution in [0.3, 0.4) is 0 Å². The van der Waals surface area contributed by atoms with Gasteiger partial charge in [-0.2, -0.15) is 0 Å². The zero-order chi connectivity index (χ0) is 17.1. The smallest absolute Gasteiger partial charge is 0.259 e. The maximum Gasteiger partial charge on any atom is 0.259 e. The molecule has 122 valence electrons. The second-order valence-electron chi connectivity index (χ2n) is 4.69. The highest BCUT2D eigenvalue weighted by molar-refractivity contribution is 7.14. The summed E-state index contributed by atoms with van der Waals surface area (Å²) in [7, 11) is 1.60. The molecule has 3 rings (SSSR count). The summed E-state index contributed by atoms with van der Waals surface area (Å²) in [6.07, 6.45) is 1.36. The Morgan fingerprint density at radius 1 is 1.29 bits per heavy atom. The van der Waals surface area contributed by atoms with Crippen molar-refractivity contribution in [2.24, 2.45) is 0 Å². The molecule has 0 saturated carbocycles. The van der Waals surface area contributed by atoms with Crippen LogP contribution in [-0.2, 0) is 0 Å². The molecule has 1 N–H and O–H groups in total. The Hall–Kier alpha value is -2.15. The van der Waals surface area contributed by atoms with Crippen molar-refractivity contribution in [3.8, 4) is 17.0 Å². The molecule has 1 amide bonds. The van der Waals surface area contributed by atoms with Gasteiger partial charge in [0.15, 0.2) is 5.13 Å². The van der Waals surface area contributed by atoms with Crippen LogP contribution in [0.1, 0.15) is 10.4 Å². The molecule has 0 radical (unpaired) electrons.